The predicted octanol–water partition coefficient (Wildman–Crippen LogP) is 2.71. The van der Waals surface area contributed by atoms with Crippen LogP contribution in [0.1, 0.15) is 33.1 Å². The highest BCUT2D eigenvalue weighted by atomic mass is 16.2. The molecule has 0 aliphatic carbocycles. The second-order valence-corrected chi connectivity index (χ2v) is 6.04. The summed E-state index contributed by atoms with van der Waals surface area (Å²) in [5.74, 6) is 5.97. The Morgan fingerprint density at radius 2 is 1.88 bits per heavy atom. The number of likely N-dealkylation sites (tertiary alicyclic amines) is 1. The molecule has 1 aliphatic rings. The zero-order valence-corrected chi connectivity index (χ0v) is 14.4. The van der Waals surface area contributed by atoms with Gasteiger partial charge in [0, 0.05) is 37.2 Å². The lowest BCUT2D eigenvalue weighted by molar-refractivity contribution is -0.121. The number of nitrogens with one attached hydrogen (secondary N) is 2. The molecule has 128 valence electrons. The van der Waals surface area contributed by atoms with E-state index in [4.69, 9.17) is 0 Å². The van der Waals surface area contributed by atoms with Crippen molar-refractivity contribution in [1.82, 2.24) is 4.90 Å². The highest BCUT2D eigenvalue weighted by molar-refractivity contribution is 5.94. The lowest BCUT2D eigenvalue weighted by Crippen LogP contribution is -2.38. The van der Waals surface area contributed by atoms with Crippen molar-refractivity contribution in [3.8, 4) is 11.8 Å². The molecule has 24 heavy (non-hydrogen) atoms. The fourth-order valence-corrected chi connectivity index (χ4v) is 2.88. The molecule has 1 aliphatic heterocycles. The first-order chi connectivity index (χ1) is 11.6. The van der Waals surface area contributed by atoms with Crippen LogP contribution >= 0.6 is 0 Å². The second-order valence-electron chi connectivity index (χ2n) is 6.04. The van der Waals surface area contributed by atoms with Crippen molar-refractivity contribution in [2.75, 3.05) is 30.3 Å². The van der Waals surface area contributed by atoms with E-state index in [1.54, 1.807) is 12.1 Å². The van der Waals surface area contributed by atoms with Gasteiger partial charge in [-0.3, -0.25) is 9.59 Å². The van der Waals surface area contributed by atoms with Gasteiger partial charge in [-0.25, -0.2) is 0 Å². The molecule has 1 saturated heterocycles. The first-order valence-electron chi connectivity index (χ1n) is 8.39. The highest BCUT2D eigenvalue weighted by Crippen LogP contribution is 2.21. The minimum Gasteiger partial charge on any atom is -0.326 e. The molecule has 0 bridgehead atoms. The number of nitrogens with zero attached hydrogens (tertiary/aromatic N) is 1. The fourth-order valence-electron chi connectivity index (χ4n) is 2.88. The summed E-state index contributed by atoms with van der Waals surface area (Å²) in [5, 5.41) is 5.68. The number of carbonyl (C=O) groups is 2. The number of benzene rings is 1. The third kappa shape index (κ3) is 5.71. The van der Waals surface area contributed by atoms with E-state index >= 15 is 0 Å². The van der Waals surface area contributed by atoms with Crippen LogP contribution in [0.3, 0.4) is 0 Å². The Morgan fingerprint density at radius 1 is 1.21 bits per heavy atom. The van der Waals surface area contributed by atoms with Gasteiger partial charge in [-0.15, -0.1) is 11.8 Å². The summed E-state index contributed by atoms with van der Waals surface area (Å²) < 4.78 is 0. The van der Waals surface area contributed by atoms with Gasteiger partial charge in [0.15, 0.2) is 0 Å². The molecule has 0 atom stereocenters. The predicted molar refractivity (Wildman–Crippen MR) is 96.6 cm³/mol. The Balaban J connectivity index is 1.83. The Hall–Kier alpha value is -2.32. The number of anilines is 2. The smallest absolute Gasteiger partial charge is 0.227 e. The molecule has 2 N–H and O–H groups in total. The monoisotopic (exact) mass is 327 g/mol. The molecule has 0 unspecified atom stereocenters. The topological polar surface area (TPSA) is 61.4 Å². The highest BCUT2D eigenvalue weighted by Gasteiger charge is 2.24. The molecule has 1 fully saturated rings. The minimum atomic E-state index is -0.126. The van der Waals surface area contributed by atoms with Crippen molar-refractivity contribution in [1.29, 1.82) is 0 Å². The number of piperidine rings is 1. The Labute approximate surface area is 143 Å². The van der Waals surface area contributed by atoms with E-state index in [-0.39, 0.29) is 17.7 Å². The van der Waals surface area contributed by atoms with E-state index in [2.05, 4.69) is 27.4 Å². The van der Waals surface area contributed by atoms with E-state index < -0.39 is 0 Å². The number of rotatable bonds is 5. The van der Waals surface area contributed by atoms with Crippen LogP contribution in [0.2, 0.25) is 0 Å². The minimum absolute atomic E-state index is 0.0444. The van der Waals surface area contributed by atoms with Crippen molar-refractivity contribution in [2.24, 2.45) is 5.92 Å². The molecule has 0 radical (unpaired) electrons. The van der Waals surface area contributed by atoms with E-state index in [9.17, 15) is 9.59 Å². The van der Waals surface area contributed by atoms with Gasteiger partial charge in [0.25, 0.3) is 0 Å². The van der Waals surface area contributed by atoms with Crippen LogP contribution in [-0.4, -0.2) is 36.3 Å². The largest absolute Gasteiger partial charge is 0.326 e. The third-order valence-electron chi connectivity index (χ3n) is 4.14. The molecule has 5 heteroatoms. The molecular weight excluding hydrogens is 302 g/mol. The Morgan fingerprint density at radius 3 is 2.50 bits per heavy atom. The van der Waals surface area contributed by atoms with Crippen molar-refractivity contribution in [3.05, 3.63) is 24.3 Å². The Bertz CT molecular complexity index is 638. The molecule has 1 heterocycles. The van der Waals surface area contributed by atoms with E-state index in [0.717, 1.165) is 38.9 Å². The molecular formula is C19H25N3O2. The van der Waals surface area contributed by atoms with Gasteiger partial charge in [0.05, 0.1) is 0 Å². The average molecular weight is 327 g/mol. The second kappa shape index (κ2) is 9.09. The van der Waals surface area contributed by atoms with Gasteiger partial charge in [-0.2, -0.15) is 0 Å². The summed E-state index contributed by atoms with van der Waals surface area (Å²) in [6, 6.07) is 7.23. The summed E-state index contributed by atoms with van der Waals surface area (Å²) in [7, 11) is 0. The van der Waals surface area contributed by atoms with Gasteiger partial charge in [-0.1, -0.05) is 6.07 Å². The quantitative estimate of drug-likeness (QED) is 0.818. The molecule has 1 aromatic carbocycles. The number of hydrogen-bond donors (Lipinski definition) is 2. The Kier molecular flexibility index (Phi) is 6.83. The van der Waals surface area contributed by atoms with Crippen LogP contribution in [0.5, 0.6) is 0 Å². The maximum Gasteiger partial charge on any atom is 0.227 e. The normalized spacial score (nSPS) is 15.2. The summed E-state index contributed by atoms with van der Waals surface area (Å²) in [6.07, 6.45) is 2.64. The molecule has 2 amide bonds. The molecule has 0 saturated carbocycles. The van der Waals surface area contributed by atoms with Crippen LogP contribution in [-0.2, 0) is 9.59 Å². The van der Waals surface area contributed by atoms with Crippen molar-refractivity contribution in [3.63, 3.8) is 0 Å². The number of carbonyl (C=O) groups excluding carboxylic acids is 2. The number of amides is 2. The van der Waals surface area contributed by atoms with Gasteiger partial charge in [0.2, 0.25) is 11.8 Å². The van der Waals surface area contributed by atoms with Crippen LogP contribution in [0.4, 0.5) is 11.4 Å². The van der Waals surface area contributed by atoms with Gasteiger partial charge in [-0.05, 0) is 51.1 Å². The zero-order valence-electron chi connectivity index (χ0n) is 14.4. The summed E-state index contributed by atoms with van der Waals surface area (Å²) in [5.41, 5.74) is 1.40. The first kappa shape index (κ1) is 18.0. The van der Waals surface area contributed by atoms with Crippen LogP contribution in [0.15, 0.2) is 24.3 Å². The molecule has 5 nitrogen and oxygen atoms in total. The fraction of sp³-hybridized carbons (Fsp3) is 0.474. The third-order valence-corrected chi connectivity index (χ3v) is 4.14. The molecule has 0 spiro atoms. The standard InChI is InChI=1S/C19H25N3O2/c1-3-4-5-11-22-12-9-16(10-13-22)19(24)21-18-8-6-7-17(14-18)20-15(2)23/h6-8,14,16H,5,9-13H2,1-2H3,(H,20,23)(H,21,24). The molecule has 1 aromatic rings. The van der Waals surface area contributed by atoms with Crippen molar-refractivity contribution < 1.29 is 9.59 Å². The summed E-state index contributed by atoms with van der Waals surface area (Å²) in [4.78, 5) is 25.9. The van der Waals surface area contributed by atoms with Gasteiger partial charge < -0.3 is 15.5 Å². The van der Waals surface area contributed by atoms with E-state index in [1.165, 1.54) is 6.92 Å². The lowest BCUT2D eigenvalue weighted by Gasteiger charge is -2.30. The van der Waals surface area contributed by atoms with E-state index in [1.807, 2.05) is 19.1 Å². The molecule has 0 aromatic heterocycles. The van der Waals surface area contributed by atoms with Crippen LogP contribution in [0, 0.1) is 17.8 Å². The maximum absolute atomic E-state index is 12.4. The lowest BCUT2D eigenvalue weighted by atomic mass is 9.95. The average Bonchev–Trinajstić information content (AvgIpc) is 2.55. The molecule has 2 rings (SSSR count). The van der Waals surface area contributed by atoms with Crippen LogP contribution in [0.25, 0.3) is 0 Å². The zero-order chi connectivity index (χ0) is 17.4. The van der Waals surface area contributed by atoms with Gasteiger partial charge in [0.1, 0.15) is 0 Å². The first-order valence-corrected chi connectivity index (χ1v) is 8.39. The van der Waals surface area contributed by atoms with Gasteiger partial charge >= 0.3 is 0 Å². The van der Waals surface area contributed by atoms with Crippen molar-refractivity contribution in [2.45, 2.75) is 33.1 Å². The SMILES string of the molecule is CC#CCCN1CCC(C(=O)Nc2cccc(NC(C)=O)c2)CC1. The summed E-state index contributed by atoms with van der Waals surface area (Å²) >= 11 is 0. The van der Waals surface area contributed by atoms with Crippen LogP contribution < -0.4 is 10.6 Å². The number of hydrogen-bond acceptors (Lipinski definition) is 3. The van der Waals surface area contributed by atoms with Crippen molar-refractivity contribution >= 4 is 23.2 Å². The summed E-state index contributed by atoms with van der Waals surface area (Å²) in [6.45, 7) is 6.18. The van der Waals surface area contributed by atoms with E-state index in [0.29, 0.717) is 11.4 Å². The maximum atomic E-state index is 12.4.